The molecule has 4 aromatic rings. The van der Waals surface area contributed by atoms with Crippen LogP contribution in [-0.4, -0.2) is 19.9 Å². The molecule has 0 aliphatic heterocycles. The second-order valence-corrected chi connectivity index (χ2v) is 7.17. The van der Waals surface area contributed by atoms with Crippen molar-refractivity contribution in [3.05, 3.63) is 71.5 Å². The summed E-state index contributed by atoms with van der Waals surface area (Å²) in [4.78, 5) is 5.05. The summed E-state index contributed by atoms with van der Waals surface area (Å²) in [6, 6.07) is 17.7. The van der Waals surface area contributed by atoms with Gasteiger partial charge in [-0.15, -0.1) is 0 Å². The van der Waals surface area contributed by atoms with Crippen LogP contribution < -0.4 is 0 Å². The van der Waals surface area contributed by atoms with E-state index in [0.29, 0.717) is 5.75 Å². The van der Waals surface area contributed by atoms with Crippen molar-refractivity contribution in [2.75, 3.05) is 0 Å². The molecule has 2 aromatic heterocycles. The second kappa shape index (κ2) is 6.23. The molecule has 0 spiro atoms. The standard InChI is InChI=1S/C23H21N3O/c1-15-21-22(18-12-6-8-14-20(18)27)17-11-5-7-13-19(17)24-23(21)26(25-15)16-9-3-2-4-10-16/h2-4,6,8-10,12,14,27H,5,7,11,13H2,1H3. The van der Waals surface area contributed by atoms with Crippen molar-refractivity contribution in [2.45, 2.75) is 32.6 Å². The lowest BCUT2D eigenvalue weighted by Gasteiger charge is -2.20. The van der Waals surface area contributed by atoms with E-state index in [2.05, 4.69) is 0 Å². The first-order chi connectivity index (χ1) is 13.2. The number of phenols is 1. The first kappa shape index (κ1) is 16.1. The lowest BCUT2D eigenvalue weighted by atomic mass is 9.87. The molecule has 0 radical (unpaired) electrons. The first-order valence-electron chi connectivity index (χ1n) is 9.49. The van der Waals surface area contributed by atoms with E-state index in [0.717, 1.165) is 64.9 Å². The van der Waals surface area contributed by atoms with Gasteiger partial charge in [-0.1, -0.05) is 36.4 Å². The molecule has 0 atom stereocenters. The molecule has 0 amide bonds. The van der Waals surface area contributed by atoms with Gasteiger partial charge >= 0.3 is 0 Å². The Bertz CT molecular complexity index is 1150. The highest BCUT2D eigenvalue weighted by Gasteiger charge is 2.25. The second-order valence-electron chi connectivity index (χ2n) is 7.17. The molecule has 0 saturated heterocycles. The van der Waals surface area contributed by atoms with Gasteiger partial charge in [0.15, 0.2) is 5.65 Å². The molecule has 134 valence electrons. The molecule has 1 N–H and O–H groups in total. The maximum atomic E-state index is 10.6. The SMILES string of the molecule is Cc1nn(-c2ccccc2)c2nc3c(c(-c4ccccc4O)c12)CCCC3. The van der Waals surface area contributed by atoms with Gasteiger partial charge in [-0.2, -0.15) is 5.10 Å². The molecule has 1 aliphatic rings. The number of aromatic hydroxyl groups is 1. The minimum atomic E-state index is 0.310. The molecule has 2 heterocycles. The van der Waals surface area contributed by atoms with Crippen molar-refractivity contribution in [3.8, 4) is 22.6 Å². The Kier molecular flexibility index (Phi) is 3.71. The zero-order valence-corrected chi connectivity index (χ0v) is 15.3. The van der Waals surface area contributed by atoms with Crippen LogP contribution in [0.25, 0.3) is 27.8 Å². The van der Waals surface area contributed by atoms with Crippen molar-refractivity contribution in [2.24, 2.45) is 0 Å². The fourth-order valence-electron chi connectivity index (χ4n) is 4.20. The van der Waals surface area contributed by atoms with Crippen LogP contribution in [0.4, 0.5) is 0 Å². The molecule has 0 fully saturated rings. The maximum absolute atomic E-state index is 10.6. The van der Waals surface area contributed by atoms with E-state index in [4.69, 9.17) is 10.1 Å². The first-order valence-corrected chi connectivity index (χ1v) is 9.49. The number of aryl methyl sites for hydroxylation is 2. The van der Waals surface area contributed by atoms with Crippen molar-refractivity contribution < 1.29 is 5.11 Å². The molecule has 4 heteroatoms. The van der Waals surface area contributed by atoms with Gasteiger partial charge < -0.3 is 5.11 Å². The summed E-state index contributed by atoms with van der Waals surface area (Å²) >= 11 is 0. The average molecular weight is 355 g/mol. The van der Waals surface area contributed by atoms with Crippen LogP contribution in [0.1, 0.15) is 29.8 Å². The highest BCUT2D eigenvalue weighted by atomic mass is 16.3. The lowest BCUT2D eigenvalue weighted by Crippen LogP contribution is -2.09. The number of hydrogen-bond acceptors (Lipinski definition) is 3. The largest absolute Gasteiger partial charge is 0.507 e. The van der Waals surface area contributed by atoms with Crippen LogP contribution in [0.5, 0.6) is 5.75 Å². The van der Waals surface area contributed by atoms with Gasteiger partial charge in [0, 0.05) is 16.8 Å². The number of fused-ring (bicyclic) bond motifs is 2. The third-order valence-electron chi connectivity index (χ3n) is 5.44. The number of pyridine rings is 1. The van der Waals surface area contributed by atoms with E-state index >= 15 is 0 Å². The Hall–Kier alpha value is -3.14. The molecule has 4 nitrogen and oxygen atoms in total. The number of para-hydroxylation sites is 2. The minimum absolute atomic E-state index is 0.310. The van der Waals surface area contributed by atoms with Crippen molar-refractivity contribution >= 4 is 11.0 Å². The molecule has 27 heavy (non-hydrogen) atoms. The summed E-state index contributed by atoms with van der Waals surface area (Å²) in [5, 5.41) is 16.5. The van der Waals surface area contributed by atoms with Gasteiger partial charge in [0.05, 0.1) is 16.8 Å². The maximum Gasteiger partial charge on any atom is 0.164 e. The summed E-state index contributed by atoms with van der Waals surface area (Å²) in [6.07, 6.45) is 4.29. The minimum Gasteiger partial charge on any atom is -0.507 e. The van der Waals surface area contributed by atoms with Crippen LogP contribution in [-0.2, 0) is 12.8 Å². The molecule has 1 aliphatic carbocycles. The molecule has 5 rings (SSSR count). The lowest BCUT2D eigenvalue weighted by molar-refractivity contribution is 0.477. The monoisotopic (exact) mass is 355 g/mol. The van der Waals surface area contributed by atoms with Gasteiger partial charge in [-0.25, -0.2) is 9.67 Å². The van der Waals surface area contributed by atoms with Gasteiger partial charge in [-0.05, 0) is 56.4 Å². The third kappa shape index (κ3) is 2.52. The summed E-state index contributed by atoms with van der Waals surface area (Å²) in [5.41, 5.74) is 7.20. The zero-order chi connectivity index (χ0) is 18.4. The van der Waals surface area contributed by atoms with Gasteiger partial charge in [0.2, 0.25) is 0 Å². The molecule has 0 saturated carbocycles. The van der Waals surface area contributed by atoms with Gasteiger partial charge in [0.1, 0.15) is 5.75 Å². The number of rotatable bonds is 2. The number of nitrogens with zero attached hydrogens (tertiary/aromatic N) is 3. The average Bonchev–Trinajstić information content (AvgIpc) is 3.04. The Labute approximate surface area is 158 Å². The Balaban J connectivity index is 1.91. The molecular weight excluding hydrogens is 334 g/mol. The predicted octanol–water partition coefficient (Wildman–Crippen LogP) is 4.98. The van der Waals surface area contributed by atoms with E-state index in [1.165, 1.54) is 5.56 Å². The van der Waals surface area contributed by atoms with Crippen LogP contribution in [0, 0.1) is 6.92 Å². The molecular formula is C23H21N3O. The van der Waals surface area contributed by atoms with E-state index in [9.17, 15) is 5.11 Å². The van der Waals surface area contributed by atoms with Crippen LogP contribution >= 0.6 is 0 Å². The topological polar surface area (TPSA) is 50.9 Å². The highest BCUT2D eigenvalue weighted by molar-refractivity contribution is 5.99. The third-order valence-corrected chi connectivity index (χ3v) is 5.44. The van der Waals surface area contributed by atoms with Crippen molar-refractivity contribution in [1.82, 2.24) is 14.8 Å². The van der Waals surface area contributed by atoms with Crippen LogP contribution in [0.15, 0.2) is 54.6 Å². The zero-order valence-electron chi connectivity index (χ0n) is 15.3. The summed E-state index contributed by atoms with van der Waals surface area (Å²) in [6.45, 7) is 2.03. The summed E-state index contributed by atoms with van der Waals surface area (Å²) < 4.78 is 1.93. The quantitative estimate of drug-likeness (QED) is 0.552. The number of aromatic nitrogens is 3. The van der Waals surface area contributed by atoms with Crippen LogP contribution in [0.3, 0.4) is 0 Å². The van der Waals surface area contributed by atoms with E-state index in [-0.39, 0.29) is 0 Å². The van der Waals surface area contributed by atoms with Crippen molar-refractivity contribution in [3.63, 3.8) is 0 Å². The molecule has 0 unspecified atom stereocenters. The van der Waals surface area contributed by atoms with Crippen molar-refractivity contribution in [1.29, 1.82) is 0 Å². The fraction of sp³-hybridized carbons (Fsp3) is 0.217. The van der Waals surface area contributed by atoms with Gasteiger partial charge in [-0.3, -0.25) is 0 Å². The number of hydrogen-bond donors (Lipinski definition) is 1. The van der Waals surface area contributed by atoms with Gasteiger partial charge in [0.25, 0.3) is 0 Å². The van der Waals surface area contributed by atoms with E-state index in [1.807, 2.05) is 60.1 Å². The van der Waals surface area contributed by atoms with Crippen LogP contribution in [0.2, 0.25) is 0 Å². The fourth-order valence-corrected chi connectivity index (χ4v) is 4.20. The molecule has 0 bridgehead atoms. The summed E-state index contributed by atoms with van der Waals surface area (Å²) in [7, 11) is 0. The Morgan fingerprint density at radius 3 is 2.48 bits per heavy atom. The normalized spacial score (nSPS) is 13.7. The van der Waals surface area contributed by atoms with E-state index in [1.54, 1.807) is 6.07 Å². The number of benzene rings is 2. The highest BCUT2D eigenvalue weighted by Crippen LogP contribution is 2.41. The summed E-state index contributed by atoms with van der Waals surface area (Å²) in [5.74, 6) is 0.310. The Morgan fingerprint density at radius 1 is 0.926 bits per heavy atom. The van der Waals surface area contributed by atoms with E-state index < -0.39 is 0 Å². The number of phenolic OH excluding ortho intramolecular Hbond substituents is 1. The smallest absolute Gasteiger partial charge is 0.164 e. The molecule has 2 aromatic carbocycles. The predicted molar refractivity (Wildman–Crippen MR) is 107 cm³/mol. The Morgan fingerprint density at radius 2 is 1.67 bits per heavy atom.